The molecular weight excluding hydrogens is 464 g/mol. The lowest BCUT2D eigenvalue weighted by atomic mass is 10.1. The van der Waals surface area contributed by atoms with Crippen molar-refractivity contribution in [2.75, 3.05) is 33.7 Å². The molecule has 0 aliphatic carbocycles. The number of aromatic nitrogens is 3. The molecule has 2 heterocycles. The Hall–Kier alpha value is -3.26. The van der Waals surface area contributed by atoms with Gasteiger partial charge >= 0.3 is 0 Å². The number of carbonyl (C=O) groups is 2. The monoisotopic (exact) mass is 506 g/mol. The summed E-state index contributed by atoms with van der Waals surface area (Å²) in [4.78, 5) is 38.6. The second-order valence-corrected chi connectivity index (χ2v) is 10.9. The van der Waals surface area contributed by atoms with E-state index in [0.717, 1.165) is 62.3 Å². The zero-order valence-electron chi connectivity index (χ0n) is 23.2. The molecule has 8 heteroatoms. The zero-order valence-corrected chi connectivity index (χ0v) is 23.2. The van der Waals surface area contributed by atoms with Crippen molar-refractivity contribution in [2.45, 2.75) is 53.4 Å². The Kier molecular flexibility index (Phi) is 9.80. The van der Waals surface area contributed by atoms with E-state index >= 15 is 0 Å². The van der Waals surface area contributed by atoms with Gasteiger partial charge in [-0.15, -0.1) is 0 Å². The quantitative estimate of drug-likeness (QED) is 0.368. The number of carbonyl (C=O) groups excluding carboxylic acids is 2. The molecule has 0 saturated carbocycles. The molecule has 37 heavy (non-hydrogen) atoms. The number of nitrogens with zero attached hydrogens (tertiary/aromatic N) is 5. The van der Waals surface area contributed by atoms with Crippen molar-refractivity contribution >= 4 is 17.5 Å². The van der Waals surface area contributed by atoms with Gasteiger partial charge in [-0.25, -0.2) is 9.97 Å². The van der Waals surface area contributed by atoms with Crippen molar-refractivity contribution in [3.8, 4) is 11.3 Å². The van der Waals surface area contributed by atoms with Crippen molar-refractivity contribution < 1.29 is 9.59 Å². The van der Waals surface area contributed by atoms with Gasteiger partial charge in [0.05, 0.1) is 17.6 Å². The van der Waals surface area contributed by atoms with E-state index in [1.807, 2.05) is 27.6 Å². The number of benzene rings is 1. The highest BCUT2D eigenvalue weighted by atomic mass is 16.2. The Balaban J connectivity index is 2.01. The van der Waals surface area contributed by atoms with Crippen LogP contribution in [-0.2, 0) is 6.42 Å². The van der Waals surface area contributed by atoms with Crippen molar-refractivity contribution in [3.63, 3.8) is 0 Å². The average molecular weight is 507 g/mol. The van der Waals surface area contributed by atoms with Crippen molar-refractivity contribution in [1.29, 1.82) is 0 Å². The average Bonchev–Trinajstić information content (AvgIpc) is 3.21. The number of rotatable bonds is 13. The van der Waals surface area contributed by atoms with Gasteiger partial charge < -0.3 is 15.5 Å². The van der Waals surface area contributed by atoms with Crippen LogP contribution in [0.4, 0.5) is 0 Å². The van der Waals surface area contributed by atoms with Gasteiger partial charge in [-0.2, -0.15) is 0 Å². The minimum absolute atomic E-state index is 0.0384. The third-order valence-corrected chi connectivity index (χ3v) is 6.53. The molecule has 1 aromatic carbocycles. The maximum Gasteiger partial charge on any atom is 0.273 e. The van der Waals surface area contributed by atoms with Crippen LogP contribution in [0.25, 0.3) is 16.9 Å². The highest BCUT2D eigenvalue weighted by molar-refractivity contribution is 5.93. The van der Waals surface area contributed by atoms with Crippen molar-refractivity contribution in [2.24, 2.45) is 17.6 Å². The molecule has 3 rings (SSSR count). The second-order valence-electron chi connectivity index (χ2n) is 10.9. The summed E-state index contributed by atoms with van der Waals surface area (Å²) >= 11 is 0. The summed E-state index contributed by atoms with van der Waals surface area (Å²) in [7, 11) is 4.11. The number of aryl methyl sites for hydroxylation is 1. The molecule has 0 spiro atoms. The smallest absolute Gasteiger partial charge is 0.273 e. The Morgan fingerprint density at radius 3 is 2.14 bits per heavy atom. The molecule has 200 valence electrons. The molecule has 0 fully saturated rings. The molecule has 0 saturated heterocycles. The highest BCUT2D eigenvalue weighted by Crippen LogP contribution is 2.26. The van der Waals surface area contributed by atoms with E-state index in [4.69, 9.17) is 10.7 Å². The lowest BCUT2D eigenvalue weighted by Crippen LogP contribution is -2.34. The van der Waals surface area contributed by atoms with Gasteiger partial charge in [0.2, 0.25) is 5.91 Å². The first-order chi connectivity index (χ1) is 17.6. The SMILES string of the molecule is CC(C)CCN(CCC(C)C)C(=O)c1cn2c(CCCN(C)C)c(-c3ccc(C(N)=O)cc3)nc2cn1. The van der Waals surface area contributed by atoms with Crippen LogP contribution in [0.15, 0.2) is 36.7 Å². The minimum Gasteiger partial charge on any atom is -0.366 e. The molecule has 0 unspecified atom stereocenters. The Labute approximate surface area is 220 Å². The van der Waals surface area contributed by atoms with Crippen molar-refractivity contribution in [3.05, 3.63) is 53.6 Å². The first-order valence-corrected chi connectivity index (χ1v) is 13.3. The molecule has 0 aliphatic heterocycles. The van der Waals surface area contributed by atoms with E-state index in [0.29, 0.717) is 28.7 Å². The largest absolute Gasteiger partial charge is 0.366 e. The maximum absolute atomic E-state index is 13.6. The van der Waals surface area contributed by atoms with Gasteiger partial charge in [0, 0.05) is 30.4 Å². The van der Waals surface area contributed by atoms with Crippen LogP contribution < -0.4 is 5.73 Å². The van der Waals surface area contributed by atoms with Crippen LogP contribution in [0.3, 0.4) is 0 Å². The predicted molar refractivity (Wildman–Crippen MR) is 149 cm³/mol. The fourth-order valence-corrected chi connectivity index (χ4v) is 4.24. The van der Waals surface area contributed by atoms with Crippen LogP contribution in [-0.4, -0.2) is 69.7 Å². The number of primary amides is 1. The predicted octanol–water partition coefficient (Wildman–Crippen LogP) is 4.52. The topological polar surface area (TPSA) is 96.8 Å². The Morgan fingerprint density at radius 2 is 1.59 bits per heavy atom. The normalized spacial score (nSPS) is 11.7. The molecule has 2 N–H and O–H groups in total. The van der Waals surface area contributed by atoms with Crippen LogP contribution in [0.1, 0.15) is 73.5 Å². The molecule has 0 bridgehead atoms. The fourth-order valence-electron chi connectivity index (χ4n) is 4.24. The van der Waals surface area contributed by atoms with Gasteiger partial charge in [0.1, 0.15) is 5.69 Å². The lowest BCUT2D eigenvalue weighted by Gasteiger charge is -2.24. The number of nitrogens with two attached hydrogens (primary N) is 1. The van der Waals surface area contributed by atoms with E-state index < -0.39 is 5.91 Å². The third kappa shape index (κ3) is 7.61. The van der Waals surface area contributed by atoms with Gasteiger partial charge in [-0.1, -0.05) is 39.8 Å². The first-order valence-electron chi connectivity index (χ1n) is 13.3. The van der Waals surface area contributed by atoms with E-state index in [9.17, 15) is 9.59 Å². The number of hydrogen-bond donors (Lipinski definition) is 1. The molecule has 0 atom stereocenters. The second kappa shape index (κ2) is 12.8. The summed E-state index contributed by atoms with van der Waals surface area (Å²) in [6.45, 7) is 11.1. The van der Waals surface area contributed by atoms with Crippen LogP contribution in [0, 0.1) is 11.8 Å². The van der Waals surface area contributed by atoms with Gasteiger partial charge in [0.15, 0.2) is 5.65 Å². The Bertz CT molecular complexity index is 1190. The summed E-state index contributed by atoms with van der Waals surface area (Å²) in [5.41, 5.74) is 9.77. The number of fused-ring (bicyclic) bond motifs is 1. The standard InChI is InChI=1S/C29H42N6O2/c1-20(2)13-16-34(17-14-21(3)4)29(37)24-19-35-25(8-7-15-33(5)6)27(32-26(35)18-31-24)22-9-11-23(12-10-22)28(30)36/h9-12,18-21H,7-8,13-17H2,1-6H3,(H2,30,36). The highest BCUT2D eigenvalue weighted by Gasteiger charge is 2.21. The molecule has 3 aromatic rings. The molecule has 2 aromatic heterocycles. The van der Waals surface area contributed by atoms with E-state index in [2.05, 4.69) is 51.7 Å². The summed E-state index contributed by atoms with van der Waals surface area (Å²) in [6, 6.07) is 7.19. The summed E-state index contributed by atoms with van der Waals surface area (Å²) < 4.78 is 2.01. The lowest BCUT2D eigenvalue weighted by molar-refractivity contribution is 0.0734. The summed E-state index contributed by atoms with van der Waals surface area (Å²) in [5, 5.41) is 0. The first kappa shape index (κ1) is 28.3. The van der Waals surface area contributed by atoms with Crippen molar-refractivity contribution in [1.82, 2.24) is 24.2 Å². The zero-order chi connectivity index (χ0) is 27.1. The van der Waals surface area contributed by atoms with E-state index in [-0.39, 0.29) is 5.91 Å². The van der Waals surface area contributed by atoms with E-state index in [1.165, 1.54) is 0 Å². The fraction of sp³-hybridized carbons (Fsp3) is 0.517. The minimum atomic E-state index is -0.459. The number of imidazole rings is 1. The maximum atomic E-state index is 13.6. The van der Waals surface area contributed by atoms with Crippen LogP contribution in [0.5, 0.6) is 0 Å². The van der Waals surface area contributed by atoms with Crippen LogP contribution in [0.2, 0.25) is 0 Å². The summed E-state index contributed by atoms with van der Waals surface area (Å²) in [6.07, 6.45) is 7.17. The van der Waals surface area contributed by atoms with Gasteiger partial charge in [-0.05, 0) is 70.3 Å². The van der Waals surface area contributed by atoms with Crippen LogP contribution >= 0.6 is 0 Å². The third-order valence-electron chi connectivity index (χ3n) is 6.53. The van der Waals surface area contributed by atoms with Gasteiger partial charge in [-0.3, -0.25) is 14.0 Å². The number of amides is 2. The molecule has 0 radical (unpaired) electrons. The number of hydrogen-bond acceptors (Lipinski definition) is 5. The summed E-state index contributed by atoms with van der Waals surface area (Å²) in [5.74, 6) is 0.540. The Morgan fingerprint density at radius 1 is 0.973 bits per heavy atom. The molecule has 2 amide bonds. The molecule has 0 aliphatic rings. The molecular formula is C29H42N6O2. The van der Waals surface area contributed by atoms with Gasteiger partial charge in [0.25, 0.3) is 5.91 Å². The van der Waals surface area contributed by atoms with E-state index in [1.54, 1.807) is 18.3 Å². The molecule has 8 nitrogen and oxygen atoms in total.